The Hall–Kier alpha value is -0.650. The normalized spacial score (nSPS) is 20.1. The summed E-state index contributed by atoms with van der Waals surface area (Å²) in [4.78, 5) is 16.5. The van der Waals surface area contributed by atoms with Crippen LogP contribution in [0.2, 0.25) is 0 Å². The summed E-state index contributed by atoms with van der Waals surface area (Å²) >= 11 is 0. The molecular weight excluding hydrogens is 256 g/mol. The molecule has 0 aliphatic carbocycles. The van der Waals surface area contributed by atoms with Crippen LogP contribution in [0.4, 0.5) is 0 Å². The first-order chi connectivity index (χ1) is 9.71. The Labute approximate surface area is 122 Å². The smallest absolute Gasteiger partial charge is 0.236 e. The Kier molecular flexibility index (Phi) is 8.82. The van der Waals surface area contributed by atoms with Crippen molar-refractivity contribution >= 4 is 5.91 Å². The van der Waals surface area contributed by atoms with Gasteiger partial charge in [0.25, 0.3) is 0 Å². The minimum absolute atomic E-state index is 0.0279. The molecule has 0 bridgehead atoms. The first-order valence-electron chi connectivity index (χ1n) is 7.93. The van der Waals surface area contributed by atoms with Gasteiger partial charge in [0.05, 0.1) is 25.9 Å². The average molecular weight is 286 g/mol. The number of carbonyl (C=O) groups is 1. The molecule has 1 atom stereocenters. The van der Waals surface area contributed by atoms with Crippen LogP contribution >= 0.6 is 0 Å². The van der Waals surface area contributed by atoms with Crippen molar-refractivity contribution in [3.05, 3.63) is 0 Å². The van der Waals surface area contributed by atoms with Crippen LogP contribution < -0.4 is 0 Å². The quantitative estimate of drug-likeness (QED) is 0.690. The van der Waals surface area contributed by atoms with E-state index in [9.17, 15) is 4.79 Å². The fraction of sp³-hybridized carbons (Fsp3) is 0.933. The van der Waals surface area contributed by atoms with Crippen LogP contribution in [0.1, 0.15) is 39.5 Å². The molecular formula is C15H30N2O3. The molecule has 1 heterocycles. The highest BCUT2D eigenvalue weighted by molar-refractivity contribution is 5.78. The van der Waals surface area contributed by atoms with E-state index >= 15 is 0 Å². The number of rotatable bonds is 9. The lowest BCUT2D eigenvalue weighted by Gasteiger charge is -2.33. The SMILES string of the molecule is CCCCN(CCCC)C(=O)CN1CCOC(CO)C1. The molecule has 1 aliphatic rings. The van der Waals surface area contributed by atoms with Crippen molar-refractivity contribution < 1.29 is 14.6 Å². The van der Waals surface area contributed by atoms with Crippen molar-refractivity contribution in [3.63, 3.8) is 0 Å². The van der Waals surface area contributed by atoms with E-state index in [4.69, 9.17) is 9.84 Å². The maximum Gasteiger partial charge on any atom is 0.236 e. The van der Waals surface area contributed by atoms with Crippen LogP contribution in [-0.4, -0.2) is 72.9 Å². The standard InChI is InChI=1S/C15H30N2O3/c1-3-5-7-17(8-6-4-2)15(19)12-16-9-10-20-14(11-16)13-18/h14,18H,3-13H2,1-2H3. The van der Waals surface area contributed by atoms with Crippen molar-refractivity contribution in [2.24, 2.45) is 0 Å². The fourth-order valence-corrected chi connectivity index (χ4v) is 2.38. The number of hydrogen-bond acceptors (Lipinski definition) is 4. The van der Waals surface area contributed by atoms with E-state index in [1.807, 2.05) is 4.90 Å². The third-order valence-electron chi connectivity index (χ3n) is 3.70. The van der Waals surface area contributed by atoms with E-state index in [2.05, 4.69) is 18.7 Å². The summed E-state index contributed by atoms with van der Waals surface area (Å²) in [5, 5.41) is 9.14. The monoisotopic (exact) mass is 286 g/mol. The molecule has 118 valence electrons. The number of carbonyl (C=O) groups excluding carboxylic acids is 1. The molecule has 1 rings (SSSR count). The van der Waals surface area contributed by atoms with Gasteiger partial charge in [0.15, 0.2) is 0 Å². The van der Waals surface area contributed by atoms with Gasteiger partial charge in [-0.25, -0.2) is 0 Å². The number of nitrogens with zero attached hydrogens (tertiary/aromatic N) is 2. The topological polar surface area (TPSA) is 53.0 Å². The van der Waals surface area contributed by atoms with Crippen molar-refractivity contribution in [1.29, 1.82) is 0 Å². The Bertz CT molecular complexity index is 266. The van der Waals surface area contributed by atoms with Crippen molar-refractivity contribution in [1.82, 2.24) is 9.80 Å². The Morgan fingerprint density at radius 2 is 1.95 bits per heavy atom. The molecule has 20 heavy (non-hydrogen) atoms. The van der Waals surface area contributed by atoms with Gasteiger partial charge in [-0.1, -0.05) is 26.7 Å². The molecule has 0 aromatic heterocycles. The number of aliphatic hydroxyl groups is 1. The van der Waals surface area contributed by atoms with Gasteiger partial charge in [0.1, 0.15) is 0 Å². The van der Waals surface area contributed by atoms with Crippen molar-refractivity contribution in [2.45, 2.75) is 45.6 Å². The summed E-state index contributed by atoms with van der Waals surface area (Å²) in [5.41, 5.74) is 0. The average Bonchev–Trinajstić information content (AvgIpc) is 2.47. The molecule has 0 aromatic carbocycles. The molecule has 0 radical (unpaired) electrons. The number of hydrogen-bond donors (Lipinski definition) is 1. The van der Waals surface area contributed by atoms with Gasteiger partial charge in [-0.05, 0) is 12.8 Å². The van der Waals surface area contributed by atoms with E-state index < -0.39 is 0 Å². The highest BCUT2D eigenvalue weighted by Gasteiger charge is 2.23. The summed E-state index contributed by atoms with van der Waals surface area (Å²) < 4.78 is 5.41. The molecule has 1 saturated heterocycles. The van der Waals surface area contributed by atoms with E-state index in [1.165, 1.54) is 0 Å². The van der Waals surface area contributed by atoms with Crippen LogP contribution in [0, 0.1) is 0 Å². The Morgan fingerprint density at radius 1 is 1.30 bits per heavy atom. The van der Waals surface area contributed by atoms with Gasteiger partial charge in [-0.2, -0.15) is 0 Å². The zero-order chi connectivity index (χ0) is 14.8. The van der Waals surface area contributed by atoms with Gasteiger partial charge in [-0.3, -0.25) is 9.69 Å². The largest absolute Gasteiger partial charge is 0.394 e. The number of aliphatic hydroxyl groups excluding tert-OH is 1. The maximum atomic E-state index is 12.4. The third-order valence-corrected chi connectivity index (χ3v) is 3.70. The first kappa shape index (κ1) is 17.4. The fourth-order valence-electron chi connectivity index (χ4n) is 2.38. The van der Waals surface area contributed by atoms with Crippen molar-refractivity contribution in [2.75, 3.05) is 45.9 Å². The second-order valence-corrected chi connectivity index (χ2v) is 5.50. The van der Waals surface area contributed by atoms with Crippen LogP contribution in [-0.2, 0) is 9.53 Å². The number of morpholine rings is 1. The van der Waals surface area contributed by atoms with Crippen LogP contribution in [0.3, 0.4) is 0 Å². The molecule has 1 amide bonds. The molecule has 0 aromatic rings. The summed E-state index contributed by atoms with van der Waals surface area (Å²) in [6.07, 6.45) is 4.21. The second kappa shape index (κ2) is 10.1. The number of amides is 1. The molecule has 0 saturated carbocycles. The second-order valence-electron chi connectivity index (χ2n) is 5.50. The number of unbranched alkanes of at least 4 members (excludes halogenated alkanes) is 2. The predicted molar refractivity (Wildman–Crippen MR) is 79.7 cm³/mol. The van der Waals surface area contributed by atoms with E-state index in [0.29, 0.717) is 19.7 Å². The van der Waals surface area contributed by atoms with Gasteiger partial charge >= 0.3 is 0 Å². The predicted octanol–water partition coefficient (Wildman–Crippen LogP) is 1.11. The molecule has 5 nitrogen and oxygen atoms in total. The molecule has 5 heteroatoms. The lowest BCUT2D eigenvalue weighted by molar-refractivity contribution is -0.135. The zero-order valence-corrected chi connectivity index (χ0v) is 13.0. The lowest BCUT2D eigenvalue weighted by atomic mass is 10.2. The molecule has 1 aliphatic heterocycles. The van der Waals surface area contributed by atoms with Gasteiger partial charge in [0, 0.05) is 26.2 Å². The Balaban J connectivity index is 2.42. The summed E-state index contributed by atoms with van der Waals surface area (Å²) in [6.45, 7) is 8.53. The van der Waals surface area contributed by atoms with Crippen LogP contribution in [0.25, 0.3) is 0 Å². The summed E-state index contributed by atoms with van der Waals surface area (Å²) in [7, 11) is 0. The maximum absolute atomic E-state index is 12.4. The molecule has 1 fully saturated rings. The molecule has 0 spiro atoms. The van der Waals surface area contributed by atoms with Crippen molar-refractivity contribution in [3.8, 4) is 0 Å². The van der Waals surface area contributed by atoms with Gasteiger partial charge in [-0.15, -0.1) is 0 Å². The Morgan fingerprint density at radius 3 is 2.50 bits per heavy atom. The molecule has 1 unspecified atom stereocenters. The lowest BCUT2D eigenvalue weighted by Crippen LogP contribution is -2.49. The molecule has 1 N–H and O–H groups in total. The highest BCUT2D eigenvalue weighted by atomic mass is 16.5. The van der Waals surface area contributed by atoms with Gasteiger partial charge < -0.3 is 14.7 Å². The number of ether oxygens (including phenoxy) is 1. The minimum atomic E-state index is -0.142. The van der Waals surface area contributed by atoms with Gasteiger partial charge in [0.2, 0.25) is 5.91 Å². The van der Waals surface area contributed by atoms with E-state index in [0.717, 1.165) is 45.3 Å². The van der Waals surface area contributed by atoms with Crippen LogP contribution in [0.15, 0.2) is 0 Å². The summed E-state index contributed by atoms with van der Waals surface area (Å²) in [6, 6.07) is 0. The first-order valence-corrected chi connectivity index (χ1v) is 7.93. The third kappa shape index (κ3) is 6.20. The van der Waals surface area contributed by atoms with E-state index in [-0.39, 0.29) is 18.6 Å². The summed E-state index contributed by atoms with van der Waals surface area (Å²) in [5.74, 6) is 0.213. The van der Waals surface area contributed by atoms with E-state index in [1.54, 1.807) is 0 Å². The van der Waals surface area contributed by atoms with Crippen LogP contribution in [0.5, 0.6) is 0 Å². The minimum Gasteiger partial charge on any atom is -0.394 e. The zero-order valence-electron chi connectivity index (χ0n) is 13.0. The highest BCUT2D eigenvalue weighted by Crippen LogP contribution is 2.07.